The average Bonchev–Trinajstić information content (AvgIpc) is 3.18. The first kappa shape index (κ1) is 26.6. The standard InChI is InChI=1S/C27H33N5O4S/c1-4-32(37(34,35)24-11-9-21(2)10-12-24)20-27(33)31-16-6-15-30(17-18-31)26-14-13-25(28-29-26)22-7-5-8-23(19-22)36-3/h5,7-14,19H,4,6,15-18,20H2,1-3H3. The van der Waals surface area contributed by atoms with E-state index in [-0.39, 0.29) is 23.9 Å². The van der Waals surface area contributed by atoms with E-state index in [1.807, 2.05) is 43.3 Å². The fourth-order valence-corrected chi connectivity index (χ4v) is 5.70. The molecule has 1 aliphatic heterocycles. The molecule has 0 unspecified atom stereocenters. The van der Waals surface area contributed by atoms with Crippen molar-refractivity contribution in [1.82, 2.24) is 19.4 Å². The molecular formula is C27H33N5O4S. The van der Waals surface area contributed by atoms with E-state index in [2.05, 4.69) is 15.1 Å². The van der Waals surface area contributed by atoms with Gasteiger partial charge in [0.05, 0.1) is 24.2 Å². The van der Waals surface area contributed by atoms with Gasteiger partial charge in [0.25, 0.3) is 0 Å². The number of hydrogen-bond donors (Lipinski definition) is 0. The van der Waals surface area contributed by atoms with Gasteiger partial charge in [0, 0.05) is 38.3 Å². The Morgan fingerprint density at radius 3 is 2.46 bits per heavy atom. The van der Waals surface area contributed by atoms with E-state index in [4.69, 9.17) is 4.74 Å². The molecule has 4 rings (SSSR count). The number of aryl methyl sites for hydroxylation is 1. The molecule has 0 spiro atoms. The van der Waals surface area contributed by atoms with Crippen molar-refractivity contribution in [3.05, 3.63) is 66.2 Å². The van der Waals surface area contributed by atoms with Gasteiger partial charge in [-0.05, 0) is 49.7 Å². The Kier molecular flexibility index (Phi) is 8.40. The second-order valence-corrected chi connectivity index (χ2v) is 10.9. The van der Waals surface area contributed by atoms with Crippen molar-refractivity contribution < 1.29 is 17.9 Å². The Hall–Kier alpha value is -3.50. The highest BCUT2D eigenvalue weighted by Crippen LogP contribution is 2.23. The number of sulfonamides is 1. The summed E-state index contributed by atoms with van der Waals surface area (Å²) in [5, 5.41) is 8.82. The minimum atomic E-state index is -3.75. The molecule has 0 saturated carbocycles. The van der Waals surface area contributed by atoms with Crippen LogP contribution in [0.5, 0.6) is 5.75 Å². The van der Waals surface area contributed by atoms with Crippen LogP contribution < -0.4 is 9.64 Å². The molecule has 10 heteroatoms. The summed E-state index contributed by atoms with van der Waals surface area (Å²) in [5.41, 5.74) is 2.66. The summed E-state index contributed by atoms with van der Waals surface area (Å²) in [7, 11) is -2.12. The van der Waals surface area contributed by atoms with Gasteiger partial charge in [-0.2, -0.15) is 4.31 Å². The lowest BCUT2D eigenvalue weighted by atomic mass is 10.1. The van der Waals surface area contributed by atoms with Gasteiger partial charge < -0.3 is 14.5 Å². The number of carbonyl (C=O) groups is 1. The number of hydrogen-bond acceptors (Lipinski definition) is 7. The maximum absolute atomic E-state index is 13.1. The van der Waals surface area contributed by atoms with Crippen LogP contribution in [0.2, 0.25) is 0 Å². The first-order valence-corrected chi connectivity index (χ1v) is 13.8. The van der Waals surface area contributed by atoms with Crippen molar-refractivity contribution in [2.75, 3.05) is 51.3 Å². The lowest BCUT2D eigenvalue weighted by Crippen LogP contribution is -2.44. The largest absolute Gasteiger partial charge is 0.497 e. The van der Waals surface area contributed by atoms with Gasteiger partial charge in [0.2, 0.25) is 15.9 Å². The van der Waals surface area contributed by atoms with Crippen LogP contribution in [-0.2, 0) is 14.8 Å². The minimum Gasteiger partial charge on any atom is -0.497 e. The van der Waals surface area contributed by atoms with Crippen molar-refractivity contribution in [2.24, 2.45) is 0 Å². The molecule has 0 radical (unpaired) electrons. The summed E-state index contributed by atoms with van der Waals surface area (Å²) in [4.78, 5) is 17.2. The van der Waals surface area contributed by atoms with Gasteiger partial charge in [0.1, 0.15) is 5.75 Å². The van der Waals surface area contributed by atoms with Crippen LogP contribution in [0.4, 0.5) is 5.82 Å². The topological polar surface area (TPSA) is 95.9 Å². The van der Waals surface area contributed by atoms with Crippen molar-refractivity contribution in [3.63, 3.8) is 0 Å². The second kappa shape index (κ2) is 11.7. The van der Waals surface area contributed by atoms with Gasteiger partial charge in [-0.25, -0.2) is 8.42 Å². The number of nitrogens with zero attached hydrogens (tertiary/aromatic N) is 5. The molecule has 0 atom stereocenters. The maximum Gasteiger partial charge on any atom is 0.243 e. The zero-order chi connectivity index (χ0) is 26.4. The quantitative estimate of drug-likeness (QED) is 0.447. The van der Waals surface area contributed by atoms with Gasteiger partial charge >= 0.3 is 0 Å². The Morgan fingerprint density at radius 1 is 1.00 bits per heavy atom. The van der Waals surface area contributed by atoms with E-state index in [9.17, 15) is 13.2 Å². The highest BCUT2D eigenvalue weighted by Gasteiger charge is 2.28. The number of benzene rings is 2. The van der Waals surface area contributed by atoms with E-state index in [1.54, 1.807) is 43.2 Å². The van der Waals surface area contributed by atoms with Gasteiger partial charge in [0.15, 0.2) is 5.82 Å². The van der Waals surface area contributed by atoms with E-state index < -0.39 is 10.0 Å². The van der Waals surface area contributed by atoms with Gasteiger partial charge in [-0.3, -0.25) is 4.79 Å². The number of amides is 1. The summed E-state index contributed by atoms with van der Waals surface area (Å²) in [6, 6.07) is 18.2. The van der Waals surface area contributed by atoms with E-state index in [0.29, 0.717) is 19.6 Å². The molecule has 0 N–H and O–H groups in total. The fraction of sp³-hybridized carbons (Fsp3) is 0.370. The molecule has 0 bridgehead atoms. The van der Waals surface area contributed by atoms with Crippen LogP contribution in [-0.4, -0.2) is 80.1 Å². The van der Waals surface area contributed by atoms with Crippen LogP contribution in [0.1, 0.15) is 18.9 Å². The number of methoxy groups -OCH3 is 1. The molecule has 1 saturated heterocycles. The molecular weight excluding hydrogens is 490 g/mol. The van der Waals surface area contributed by atoms with Crippen molar-refractivity contribution in [2.45, 2.75) is 25.2 Å². The molecule has 1 amide bonds. The van der Waals surface area contributed by atoms with Crippen molar-refractivity contribution >= 4 is 21.7 Å². The molecule has 3 aromatic rings. The summed E-state index contributed by atoms with van der Waals surface area (Å²) in [5.74, 6) is 1.31. The number of anilines is 1. The summed E-state index contributed by atoms with van der Waals surface area (Å²) in [6.45, 7) is 6.07. The third-order valence-electron chi connectivity index (χ3n) is 6.51. The summed E-state index contributed by atoms with van der Waals surface area (Å²) < 4.78 is 32.7. The first-order chi connectivity index (χ1) is 17.8. The predicted octanol–water partition coefficient (Wildman–Crippen LogP) is 3.21. The number of rotatable bonds is 8. The van der Waals surface area contributed by atoms with E-state index >= 15 is 0 Å². The van der Waals surface area contributed by atoms with Crippen LogP contribution in [0, 0.1) is 6.92 Å². The summed E-state index contributed by atoms with van der Waals surface area (Å²) >= 11 is 0. The number of likely N-dealkylation sites (N-methyl/N-ethyl adjacent to an activating group) is 1. The van der Waals surface area contributed by atoms with Gasteiger partial charge in [-0.1, -0.05) is 36.8 Å². The first-order valence-electron chi connectivity index (χ1n) is 12.4. The minimum absolute atomic E-state index is 0.179. The third-order valence-corrected chi connectivity index (χ3v) is 8.45. The molecule has 37 heavy (non-hydrogen) atoms. The molecule has 196 valence electrons. The Labute approximate surface area is 218 Å². The Bertz CT molecular complexity index is 1310. The highest BCUT2D eigenvalue weighted by molar-refractivity contribution is 7.89. The Balaban J connectivity index is 1.38. The Morgan fingerprint density at radius 2 is 1.78 bits per heavy atom. The van der Waals surface area contributed by atoms with Gasteiger partial charge in [-0.15, -0.1) is 10.2 Å². The van der Waals surface area contributed by atoms with Crippen LogP contribution in [0.15, 0.2) is 65.6 Å². The number of ether oxygens (including phenoxy) is 1. The SMILES string of the molecule is CCN(CC(=O)N1CCCN(c2ccc(-c3cccc(OC)c3)nn2)CC1)S(=O)(=O)c1ccc(C)cc1. The monoisotopic (exact) mass is 523 g/mol. The second-order valence-electron chi connectivity index (χ2n) is 8.97. The van der Waals surface area contributed by atoms with Crippen LogP contribution in [0.3, 0.4) is 0 Å². The summed E-state index contributed by atoms with van der Waals surface area (Å²) in [6.07, 6.45) is 0.752. The molecule has 0 aliphatic carbocycles. The van der Waals surface area contributed by atoms with Crippen LogP contribution >= 0.6 is 0 Å². The molecule has 2 aromatic carbocycles. The van der Waals surface area contributed by atoms with Crippen molar-refractivity contribution in [1.29, 1.82) is 0 Å². The van der Waals surface area contributed by atoms with Crippen LogP contribution in [0.25, 0.3) is 11.3 Å². The molecule has 2 heterocycles. The number of aromatic nitrogens is 2. The third kappa shape index (κ3) is 6.26. The normalized spacial score (nSPS) is 14.5. The average molecular weight is 524 g/mol. The molecule has 9 nitrogen and oxygen atoms in total. The number of carbonyl (C=O) groups excluding carboxylic acids is 1. The van der Waals surface area contributed by atoms with Crippen molar-refractivity contribution in [3.8, 4) is 17.0 Å². The molecule has 1 aliphatic rings. The van der Waals surface area contributed by atoms with E-state index in [1.165, 1.54) is 4.31 Å². The lowest BCUT2D eigenvalue weighted by molar-refractivity contribution is -0.131. The zero-order valence-corrected chi connectivity index (χ0v) is 22.3. The highest BCUT2D eigenvalue weighted by atomic mass is 32.2. The zero-order valence-electron chi connectivity index (χ0n) is 21.5. The maximum atomic E-state index is 13.1. The molecule has 1 fully saturated rings. The fourth-order valence-electron chi connectivity index (χ4n) is 4.30. The smallest absolute Gasteiger partial charge is 0.243 e. The predicted molar refractivity (Wildman–Crippen MR) is 143 cm³/mol. The van der Waals surface area contributed by atoms with E-state index in [0.717, 1.165) is 41.4 Å². The lowest BCUT2D eigenvalue weighted by Gasteiger charge is -2.26. The molecule has 1 aromatic heterocycles.